The van der Waals surface area contributed by atoms with E-state index in [1.54, 1.807) is 0 Å². The number of carbonyl (C=O) groups excluding carboxylic acids is 1. The number of hydrogen-bond donors (Lipinski definition) is 1. The third-order valence-electron chi connectivity index (χ3n) is 2.70. The predicted octanol–water partition coefficient (Wildman–Crippen LogP) is 2.17. The summed E-state index contributed by atoms with van der Waals surface area (Å²) in [5.41, 5.74) is 0.969. The van der Waals surface area contributed by atoms with E-state index >= 15 is 0 Å². The van der Waals surface area contributed by atoms with Crippen LogP contribution < -0.4 is 10.2 Å². The van der Waals surface area contributed by atoms with Crippen molar-refractivity contribution in [3.63, 3.8) is 0 Å². The molecular weight excluding hydrogens is 268 g/mol. The molecule has 1 aromatic rings. The SMILES string of the molecule is O=C1CCCNCCN1c1ccccc1Br. The maximum Gasteiger partial charge on any atom is 0.227 e. The van der Waals surface area contributed by atoms with Crippen molar-refractivity contribution >= 4 is 27.5 Å². The average molecular weight is 283 g/mol. The molecule has 1 heterocycles. The minimum atomic E-state index is 0.216. The monoisotopic (exact) mass is 282 g/mol. The molecule has 0 aromatic heterocycles. The maximum atomic E-state index is 12.0. The second kappa shape index (κ2) is 5.46. The van der Waals surface area contributed by atoms with Gasteiger partial charge in [0.2, 0.25) is 5.91 Å². The number of anilines is 1. The van der Waals surface area contributed by atoms with Crippen LogP contribution in [-0.2, 0) is 4.79 Å². The highest BCUT2D eigenvalue weighted by atomic mass is 79.9. The first kappa shape index (κ1) is 11.6. The van der Waals surface area contributed by atoms with Crippen molar-refractivity contribution < 1.29 is 4.79 Å². The van der Waals surface area contributed by atoms with Crippen LogP contribution in [0.1, 0.15) is 12.8 Å². The van der Waals surface area contributed by atoms with E-state index in [1.165, 1.54) is 0 Å². The molecular formula is C12H15BrN2O. The number of amides is 1. The summed E-state index contributed by atoms with van der Waals surface area (Å²) in [6, 6.07) is 7.86. The van der Waals surface area contributed by atoms with Crippen LogP contribution in [0, 0.1) is 0 Å². The van der Waals surface area contributed by atoms with Crippen LogP contribution in [-0.4, -0.2) is 25.5 Å². The van der Waals surface area contributed by atoms with Gasteiger partial charge in [0.05, 0.1) is 5.69 Å². The number of para-hydroxylation sites is 1. The van der Waals surface area contributed by atoms with E-state index in [1.807, 2.05) is 29.2 Å². The Labute approximate surface area is 104 Å². The first-order chi connectivity index (χ1) is 7.79. The Bertz CT molecular complexity index is 381. The fourth-order valence-corrected chi connectivity index (χ4v) is 2.36. The van der Waals surface area contributed by atoms with Gasteiger partial charge in [-0.2, -0.15) is 0 Å². The first-order valence-corrected chi connectivity index (χ1v) is 6.34. The molecule has 1 saturated heterocycles. The second-order valence-corrected chi connectivity index (χ2v) is 4.70. The molecule has 1 fully saturated rings. The Kier molecular flexibility index (Phi) is 3.96. The van der Waals surface area contributed by atoms with E-state index in [2.05, 4.69) is 21.2 Å². The highest BCUT2D eigenvalue weighted by molar-refractivity contribution is 9.10. The topological polar surface area (TPSA) is 32.3 Å². The van der Waals surface area contributed by atoms with Gasteiger partial charge < -0.3 is 10.2 Å². The van der Waals surface area contributed by atoms with Crippen LogP contribution in [0.2, 0.25) is 0 Å². The number of hydrogen-bond acceptors (Lipinski definition) is 2. The molecule has 86 valence electrons. The van der Waals surface area contributed by atoms with E-state index in [4.69, 9.17) is 0 Å². The summed E-state index contributed by atoms with van der Waals surface area (Å²) in [5.74, 6) is 0.216. The zero-order valence-corrected chi connectivity index (χ0v) is 10.7. The summed E-state index contributed by atoms with van der Waals surface area (Å²) in [5, 5.41) is 3.32. The molecule has 16 heavy (non-hydrogen) atoms. The van der Waals surface area contributed by atoms with Crippen molar-refractivity contribution in [2.24, 2.45) is 0 Å². The molecule has 0 spiro atoms. The van der Waals surface area contributed by atoms with E-state index in [9.17, 15) is 4.79 Å². The minimum Gasteiger partial charge on any atom is -0.315 e. The standard InChI is InChI=1S/C12H15BrN2O/c13-10-4-1-2-5-11(10)15-9-8-14-7-3-6-12(15)16/h1-2,4-5,14H,3,6-9H2. The highest BCUT2D eigenvalue weighted by Gasteiger charge is 2.18. The van der Waals surface area contributed by atoms with Gasteiger partial charge in [-0.3, -0.25) is 4.79 Å². The van der Waals surface area contributed by atoms with Gasteiger partial charge in [0.1, 0.15) is 0 Å². The molecule has 1 N–H and O–H groups in total. The van der Waals surface area contributed by atoms with Crippen molar-refractivity contribution in [2.45, 2.75) is 12.8 Å². The van der Waals surface area contributed by atoms with Gasteiger partial charge in [-0.1, -0.05) is 12.1 Å². The van der Waals surface area contributed by atoms with E-state index in [0.717, 1.165) is 36.2 Å². The van der Waals surface area contributed by atoms with Gasteiger partial charge >= 0.3 is 0 Å². The summed E-state index contributed by atoms with van der Waals surface area (Å²) in [7, 11) is 0. The van der Waals surface area contributed by atoms with Crippen LogP contribution in [0.5, 0.6) is 0 Å². The minimum absolute atomic E-state index is 0.216. The molecule has 1 aliphatic heterocycles. The number of rotatable bonds is 1. The molecule has 0 bridgehead atoms. The summed E-state index contributed by atoms with van der Waals surface area (Å²) in [4.78, 5) is 13.9. The summed E-state index contributed by atoms with van der Waals surface area (Å²) in [6.07, 6.45) is 1.54. The fourth-order valence-electron chi connectivity index (χ4n) is 1.87. The van der Waals surface area contributed by atoms with Crippen molar-refractivity contribution in [1.29, 1.82) is 0 Å². The van der Waals surface area contributed by atoms with E-state index in [-0.39, 0.29) is 5.91 Å². The van der Waals surface area contributed by atoms with Crippen molar-refractivity contribution in [3.05, 3.63) is 28.7 Å². The molecule has 1 amide bonds. The van der Waals surface area contributed by atoms with Crippen molar-refractivity contribution in [2.75, 3.05) is 24.5 Å². The number of halogens is 1. The van der Waals surface area contributed by atoms with Crippen molar-refractivity contribution in [3.8, 4) is 0 Å². The van der Waals surface area contributed by atoms with Crippen molar-refractivity contribution in [1.82, 2.24) is 5.32 Å². The van der Waals surface area contributed by atoms with Gasteiger partial charge in [-0.15, -0.1) is 0 Å². The lowest BCUT2D eigenvalue weighted by atomic mass is 10.2. The van der Waals surface area contributed by atoms with E-state index < -0.39 is 0 Å². The van der Waals surface area contributed by atoms with Gasteiger partial charge in [-0.25, -0.2) is 0 Å². The Balaban J connectivity index is 2.22. The normalized spacial score (nSPS) is 18.1. The molecule has 3 nitrogen and oxygen atoms in total. The maximum absolute atomic E-state index is 12.0. The molecule has 1 aliphatic rings. The summed E-state index contributed by atoms with van der Waals surface area (Å²) < 4.78 is 0.976. The fraction of sp³-hybridized carbons (Fsp3) is 0.417. The zero-order chi connectivity index (χ0) is 11.4. The second-order valence-electron chi connectivity index (χ2n) is 3.85. The van der Waals surface area contributed by atoms with Crippen LogP contribution in [0.3, 0.4) is 0 Å². The lowest BCUT2D eigenvalue weighted by Crippen LogP contribution is -2.40. The Morgan fingerprint density at radius 1 is 1.25 bits per heavy atom. The molecule has 0 unspecified atom stereocenters. The molecule has 0 saturated carbocycles. The Morgan fingerprint density at radius 3 is 2.88 bits per heavy atom. The Morgan fingerprint density at radius 2 is 2.06 bits per heavy atom. The van der Waals surface area contributed by atoms with Gasteiger partial charge in [-0.05, 0) is 41.0 Å². The first-order valence-electron chi connectivity index (χ1n) is 5.54. The molecule has 2 rings (SSSR count). The van der Waals surface area contributed by atoms with Gasteiger partial charge in [0.25, 0.3) is 0 Å². The van der Waals surface area contributed by atoms with E-state index in [0.29, 0.717) is 6.42 Å². The van der Waals surface area contributed by atoms with Crippen LogP contribution in [0.25, 0.3) is 0 Å². The number of carbonyl (C=O) groups is 1. The Hall–Kier alpha value is -0.870. The average Bonchev–Trinajstić information content (AvgIpc) is 2.26. The lowest BCUT2D eigenvalue weighted by molar-refractivity contribution is -0.118. The quantitative estimate of drug-likeness (QED) is 0.856. The molecule has 0 aliphatic carbocycles. The van der Waals surface area contributed by atoms with Crippen LogP contribution in [0.15, 0.2) is 28.7 Å². The summed E-state index contributed by atoms with van der Waals surface area (Å²) in [6.45, 7) is 2.53. The molecule has 1 aromatic carbocycles. The molecule has 0 atom stereocenters. The summed E-state index contributed by atoms with van der Waals surface area (Å²) >= 11 is 3.49. The third-order valence-corrected chi connectivity index (χ3v) is 3.37. The predicted molar refractivity (Wildman–Crippen MR) is 68.6 cm³/mol. The molecule has 4 heteroatoms. The zero-order valence-electron chi connectivity index (χ0n) is 9.08. The number of nitrogens with one attached hydrogen (secondary N) is 1. The highest BCUT2D eigenvalue weighted by Crippen LogP contribution is 2.26. The number of benzene rings is 1. The van der Waals surface area contributed by atoms with Gasteiger partial charge in [0.15, 0.2) is 0 Å². The smallest absolute Gasteiger partial charge is 0.227 e. The van der Waals surface area contributed by atoms with Crippen LogP contribution >= 0.6 is 15.9 Å². The molecule has 0 radical (unpaired) electrons. The number of nitrogens with zero attached hydrogens (tertiary/aromatic N) is 1. The van der Waals surface area contributed by atoms with Crippen LogP contribution in [0.4, 0.5) is 5.69 Å². The lowest BCUT2D eigenvalue weighted by Gasteiger charge is -2.26. The van der Waals surface area contributed by atoms with Gasteiger partial charge in [0, 0.05) is 24.0 Å². The third kappa shape index (κ3) is 2.62. The largest absolute Gasteiger partial charge is 0.315 e.